The van der Waals surface area contributed by atoms with Gasteiger partial charge in [-0.25, -0.2) is 17.8 Å². The van der Waals surface area contributed by atoms with E-state index in [1.165, 1.54) is 24.4 Å². The predicted molar refractivity (Wildman–Crippen MR) is 121 cm³/mol. The van der Waals surface area contributed by atoms with E-state index in [9.17, 15) is 18.0 Å². The number of pyridine rings is 1. The summed E-state index contributed by atoms with van der Waals surface area (Å²) in [7, 11) is -3.74. The zero-order valence-corrected chi connectivity index (χ0v) is 19.2. The first-order valence-electron chi connectivity index (χ1n) is 9.38. The highest BCUT2D eigenvalue weighted by atomic mass is 35.5. The highest BCUT2D eigenvalue weighted by molar-refractivity contribution is 7.89. The molecule has 1 amide bonds. The van der Waals surface area contributed by atoms with Crippen LogP contribution in [-0.4, -0.2) is 35.6 Å². The number of nitrogens with zero attached hydrogens (tertiary/aromatic N) is 3. The Hall–Kier alpha value is -2.79. The van der Waals surface area contributed by atoms with Crippen LogP contribution >= 0.6 is 23.2 Å². The van der Waals surface area contributed by atoms with E-state index in [0.29, 0.717) is 17.7 Å². The second kappa shape index (κ2) is 10.2. The Morgan fingerprint density at radius 3 is 2.66 bits per heavy atom. The Kier molecular flexibility index (Phi) is 7.62. The summed E-state index contributed by atoms with van der Waals surface area (Å²) < 4.78 is 28.7. The third kappa shape index (κ3) is 5.92. The van der Waals surface area contributed by atoms with E-state index in [2.05, 4.69) is 20.1 Å². The molecule has 0 atom stereocenters. The van der Waals surface area contributed by atoms with Crippen LogP contribution in [0.3, 0.4) is 0 Å². The number of halogens is 2. The van der Waals surface area contributed by atoms with Crippen molar-refractivity contribution in [2.75, 3.05) is 11.9 Å². The zero-order valence-electron chi connectivity index (χ0n) is 16.9. The minimum Gasteiger partial charge on any atom is -0.324 e. The summed E-state index contributed by atoms with van der Waals surface area (Å²) in [6, 6.07) is 9.83. The SMILES string of the molecule is Cc1cc(NC(=O)Cn2ncc(Cl)c(Cl)c2=O)ccc1S(=O)(=O)NCCc1ccccn1. The molecule has 3 rings (SSSR count). The van der Waals surface area contributed by atoms with Crippen LogP contribution < -0.4 is 15.6 Å². The summed E-state index contributed by atoms with van der Waals surface area (Å²) in [4.78, 5) is 28.5. The Bertz CT molecular complexity index is 1300. The van der Waals surface area contributed by atoms with Gasteiger partial charge in [0.05, 0.1) is 16.1 Å². The molecule has 1 aromatic carbocycles. The van der Waals surface area contributed by atoms with Gasteiger partial charge in [0.2, 0.25) is 15.9 Å². The van der Waals surface area contributed by atoms with Crippen molar-refractivity contribution in [3.05, 3.63) is 80.4 Å². The van der Waals surface area contributed by atoms with E-state index in [1.54, 1.807) is 19.2 Å². The van der Waals surface area contributed by atoms with Crippen molar-refractivity contribution in [3.63, 3.8) is 0 Å². The number of aryl methyl sites for hydroxylation is 1. The fourth-order valence-corrected chi connectivity index (χ4v) is 4.39. The van der Waals surface area contributed by atoms with Gasteiger partial charge in [-0.1, -0.05) is 29.3 Å². The molecule has 12 heteroatoms. The quantitative estimate of drug-likeness (QED) is 0.494. The maximum atomic E-state index is 12.6. The minimum absolute atomic E-state index is 0.00520. The van der Waals surface area contributed by atoms with Crippen molar-refractivity contribution in [1.29, 1.82) is 0 Å². The number of carbonyl (C=O) groups is 1. The van der Waals surface area contributed by atoms with Gasteiger partial charge in [-0.05, 0) is 42.8 Å². The number of hydrogen-bond donors (Lipinski definition) is 2. The van der Waals surface area contributed by atoms with Gasteiger partial charge in [-0.3, -0.25) is 14.6 Å². The molecule has 0 aliphatic carbocycles. The molecule has 0 fully saturated rings. The van der Waals surface area contributed by atoms with Crippen molar-refractivity contribution in [3.8, 4) is 0 Å². The van der Waals surface area contributed by atoms with Crippen molar-refractivity contribution < 1.29 is 13.2 Å². The molecule has 2 aromatic heterocycles. The average Bonchev–Trinajstić information content (AvgIpc) is 2.74. The maximum Gasteiger partial charge on any atom is 0.287 e. The Morgan fingerprint density at radius 2 is 1.97 bits per heavy atom. The van der Waals surface area contributed by atoms with Gasteiger partial charge in [0.25, 0.3) is 5.56 Å². The number of aromatic nitrogens is 3. The number of nitrogens with one attached hydrogen (secondary N) is 2. The molecule has 168 valence electrons. The van der Waals surface area contributed by atoms with Crippen molar-refractivity contribution in [1.82, 2.24) is 19.5 Å². The number of sulfonamides is 1. The van der Waals surface area contributed by atoms with Crippen molar-refractivity contribution in [2.24, 2.45) is 0 Å². The molecule has 0 bridgehead atoms. The number of rotatable bonds is 8. The minimum atomic E-state index is -3.74. The fraction of sp³-hybridized carbons (Fsp3) is 0.200. The maximum absolute atomic E-state index is 12.6. The topological polar surface area (TPSA) is 123 Å². The second-order valence-electron chi connectivity index (χ2n) is 6.77. The standard InChI is InChI=1S/C20H19Cl2N5O4S/c1-13-10-15(26-18(28)12-27-20(29)19(22)16(21)11-24-27)5-6-17(13)32(30,31)25-9-7-14-4-2-3-8-23-14/h2-6,8,10-11,25H,7,9,12H2,1H3,(H,26,28). The van der Waals surface area contributed by atoms with Gasteiger partial charge in [0.1, 0.15) is 11.6 Å². The second-order valence-corrected chi connectivity index (χ2v) is 9.29. The van der Waals surface area contributed by atoms with Gasteiger partial charge in [0.15, 0.2) is 0 Å². The average molecular weight is 496 g/mol. The first-order valence-corrected chi connectivity index (χ1v) is 11.6. The molecule has 0 aliphatic rings. The van der Waals surface area contributed by atoms with E-state index in [0.717, 1.165) is 10.4 Å². The molecular formula is C20H19Cl2N5O4S. The van der Waals surface area contributed by atoms with Gasteiger partial charge in [-0.15, -0.1) is 0 Å². The fourth-order valence-electron chi connectivity index (χ4n) is 2.86. The molecule has 2 heterocycles. The number of benzene rings is 1. The number of hydrogen-bond acceptors (Lipinski definition) is 6. The van der Waals surface area contributed by atoms with Crippen LogP contribution in [0.5, 0.6) is 0 Å². The van der Waals surface area contributed by atoms with Crippen LogP contribution in [0.25, 0.3) is 0 Å². The van der Waals surface area contributed by atoms with Crippen molar-refractivity contribution in [2.45, 2.75) is 24.8 Å². The molecule has 0 saturated heterocycles. The highest BCUT2D eigenvalue weighted by Crippen LogP contribution is 2.20. The lowest BCUT2D eigenvalue weighted by molar-refractivity contribution is -0.117. The summed E-state index contributed by atoms with van der Waals surface area (Å²) in [6.45, 7) is 1.43. The van der Waals surface area contributed by atoms with Gasteiger partial charge >= 0.3 is 0 Å². The molecule has 0 aliphatic heterocycles. The number of amides is 1. The Morgan fingerprint density at radius 1 is 1.19 bits per heavy atom. The van der Waals surface area contributed by atoms with Crippen LogP contribution in [0.15, 0.2) is 58.5 Å². The summed E-state index contributed by atoms with van der Waals surface area (Å²) in [5.74, 6) is -0.540. The molecule has 0 spiro atoms. The number of carbonyl (C=O) groups excluding carboxylic acids is 1. The largest absolute Gasteiger partial charge is 0.324 e. The first-order chi connectivity index (χ1) is 15.2. The monoisotopic (exact) mass is 495 g/mol. The summed E-state index contributed by atoms with van der Waals surface area (Å²) >= 11 is 11.5. The van der Waals surface area contributed by atoms with Crippen molar-refractivity contribution >= 4 is 44.8 Å². The molecule has 9 nitrogen and oxygen atoms in total. The van der Waals surface area contributed by atoms with Crippen LogP contribution in [0.4, 0.5) is 5.69 Å². The third-order valence-corrected chi connectivity index (χ3v) is 6.75. The molecular weight excluding hydrogens is 477 g/mol. The van der Waals surface area contributed by atoms with E-state index in [1.807, 2.05) is 12.1 Å². The Balaban J connectivity index is 1.64. The Labute approximate surface area is 194 Å². The molecule has 3 aromatic rings. The molecule has 0 radical (unpaired) electrons. The zero-order chi connectivity index (χ0) is 23.3. The lowest BCUT2D eigenvalue weighted by Gasteiger charge is -2.12. The summed E-state index contributed by atoms with van der Waals surface area (Å²) in [6.07, 6.45) is 3.27. The molecule has 0 saturated carbocycles. The lowest BCUT2D eigenvalue weighted by Crippen LogP contribution is -2.30. The highest BCUT2D eigenvalue weighted by Gasteiger charge is 2.17. The van der Waals surface area contributed by atoms with Gasteiger partial charge in [-0.2, -0.15) is 5.10 Å². The molecule has 0 unspecified atom stereocenters. The predicted octanol–water partition coefficient (Wildman–Crippen LogP) is 2.41. The van der Waals surface area contributed by atoms with E-state index >= 15 is 0 Å². The smallest absolute Gasteiger partial charge is 0.287 e. The first kappa shape index (κ1) is 23.9. The van der Waals surface area contributed by atoms with Crippen LogP contribution in [0, 0.1) is 6.92 Å². The molecule has 2 N–H and O–H groups in total. The number of anilines is 1. The summed E-state index contributed by atoms with van der Waals surface area (Å²) in [5, 5.41) is 6.14. The normalized spacial score (nSPS) is 11.3. The van der Waals surface area contributed by atoms with Gasteiger partial charge < -0.3 is 5.32 Å². The van der Waals surface area contributed by atoms with E-state index in [4.69, 9.17) is 23.2 Å². The van der Waals surface area contributed by atoms with Crippen LogP contribution in [0.1, 0.15) is 11.3 Å². The van der Waals surface area contributed by atoms with Gasteiger partial charge in [0, 0.05) is 30.5 Å². The molecule has 32 heavy (non-hydrogen) atoms. The summed E-state index contributed by atoms with van der Waals surface area (Å²) in [5.41, 5.74) is 0.898. The van der Waals surface area contributed by atoms with Crippen LogP contribution in [0.2, 0.25) is 10.0 Å². The van der Waals surface area contributed by atoms with E-state index in [-0.39, 0.29) is 28.0 Å². The third-order valence-electron chi connectivity index (χ3n) is 4.38. The van der Waals surface area contributed by atoms with Crippen LogP contribution in [-0.2, 0) is 27.8 Å². The lowest BCUT2D eigenvalue weighted by atomic mass is 10.2. The van der Waals surface area contributed by atoms with E-state index < -0.39 is 21.5 Å².